The van der Waals surface area contributed by atoms with Crippen LogP contribution in [-0.2, 0) is 9.53 Å². The molecule has 0 aliphatic heterocycles. The average Bonchev–Trinajstić information content (AvgIpc) is 2.35. The zero-order valence-corrected chi connectivity index (χ0v) is 11.5. The van der Waals surface area contributed by atoms with E-state index in [2.05, 4.69) is 6.92 Å². The molecule has 0 aromatic carbocycles. The zero-order chi connectivity index (χ0) is 12.9. The molecule has 0 saturated carbocycles. The molecule has 3 nitrogen and oxygen atoms in total. The lowest BCUT2D eigenvalue weighted by molar-refractivity contribution is -0.145. The average molecular weight is 243 g/mol. The summed E-state index contributed by atoms with van der Waals surface area (Å²) in [6.45, 7) is 4.65. The van der Waals surface area contributed by atoms with E-state index in [1.54, 1.807) is 0 Å². The van der Waals surface area contributed by atoms with Crippen molar-refractivity contribution in [3.05, 3.63) is 0 Å². The van der Waals surface area contributed by atoms with Crippen molar-refractivity contribution >= 4 is 5.97 Å². The van der Waals surface area contributed by atoms with Crippen molar-refractivity contribution in [2.75, 3.05) is 6.61 Å². The fourth-order valence-corrected chi connectivity index (χ4v) is 1.68. The molecule has 0 rings (SSSR count). The highest BCUT2D eigenvalue weighted by atomic mass is 16.5. The van der Waals surface area contributed by atoms with Crippen LogP contribution in [0.3, 0.4) is 0 Å². The van der Waals surface area contributed by atoms with Gasteiger partial charge in [0.25, 0.3) is 0 Å². The molecular formula is C14H29NO2. The fraction of sp³-hybridized carbons (Fsp3) is 0.929. The first-order chi connectivity index (χ1) is 8.22. The lowest BCUT2D eigenvalue weighted by Crippen LogP contribution is -2.31. The zero-order valence-electron chi connectivity index (χ0n) is 11.5. The summed E-state index contributed by atoms with van der Waals surface area (Å²) >= 11 is 0. The largest absolute Gasteiger partial charge is 0.465 e. The summed E-state index contributed by atoms with van der Waals surface area (Å²) in [5.74, 6) is -0.254. The summed E-state index contributed by atoms with van der Waals surface area (Å²) in [4.78, 5) is 11.2. The number of rotatable bonds is 11. The Morgan fingerprint density at radius 2 is 1.53 bits per heavy atom. The van der Waals surface area contributed by atoms with E-state index in [0.29, 0.717) is 13.0 Å². The first kappa shape index (κ1) is 16.4. The molecule has 3 heteroatoms. The number of hydrogen-bond donors (Lipinski definition) is 1. The molecule has 0 aromatic rings. The van der Waals surface area contributed by atoms with Gasteiger partial charge in [0.15, 0.2) is 0 Å². The number of esters is 1. The van der Waals surface area contributed by atoms with E-state index in [4.69, 9.17) is 10.5 Å². The monoisotopic (exact) mass is 243 g/mol. The molecule has 0 amide bonds. The van der Waals surface area contributed by atoms with Crippen LogP contribution in [0.4, 0.5) is 0 Å². The third-order valence-corrected chi connectivity index (χ3v) is 2.98. The molecule has 0 radical (unpaired) electrons. The van der Waals surface area contributed by atoms with Crippen LogP contribution in [0, 0.1) is 0 Å². The van der Waals surface area contributed by atoms with Gasteiger partial charge >= 0.3 is 5.97 Å². The summed E-state index contributed by atoms with van der Waals surface area (Å²) < 4.78 is 5.08. The lowest BCUT2D eigenvalue weighted by Gasteiger charge is -2.08. The number of ether oxygens (including phenoxy) is 1. The second-order valence-electron chi connectivity index (χ2n) is 4.66. The van der Waals surface area contributed by atoms with E-state index in [-0.39, 0.29) is 5.97 Å². The number of carbonyl (C=O) groups is 1. The minimum Gasteiger partial charge on any atom is -0.465 e. The van der Waals surface area contributed by atoms with Gasteiger partial charge in [-0.2, -0.15) is 0 Å². The van der Waals surface area contributed by atoms with Crippen molar-refractivity contribution in [1.82, 2.24) is 0 Å². The summed E-state index contributed by atoms with van der Waals surface area (Å²) in [5, 5.41) is 0. The second-order valence-corrected chi connectivity index (χ2v) is 4.66. The van der Waals surface area contributed by atoms with Crippen LogP contribution in [0.15, 0.2) is 0 Å². The number of hydrogen-bond acceptors (Lipinski definition) is 3. The molecule has 0 heterocycles. The topological polar surface area (TPSA) is 52.3 Å². The smallest absolute Gasteiger partial charge is 0.322 e. The van der Waals surface area contributed by atoms with E-state index in [1.165, 1.54) is 38.5 Å². The first-order valence-corrected chi connectivity index (χ1v) is 7.14. The molecule has 0 saturated heterocycles. The number of unbranched alkanes of at least 4 members (excludes halogenated alkanes) is 7. The Balaban J connectivity index is 3.16. The Kier molecular flexibility index (Phi) is 11.5. The fourth-order valence-electron chi connectivity index (χ4n) is 1.68. The summed E-state index contributed by atoms with van der Waals surface area (Å²) in [5.41, 5.74) is 5.55. The third kappa shape index (κ3) is 10.3. The SMILES string of the molecule is CCCCCCCCCCOC(=O)C(N)CC. The molecule has 0 aromatic heterocycles. The minimum absolute atomic E-state index is 0.254. The van der Waals surface area contributed by atoms with E-state index < -0.39 is 6.04 Å². The van der Waals surface area contributed by atoms with Crippen LogP contribution >= 0.6 is 0 Å². The van der Waals surface area contributed by atoms with Gasteiger partial charge in [0.1, 0.15) is 6.04 Å². The van der Waals surface area contributed by atoms with Crippen LogP contribution in [0.2, 0.25) is 0 Å². The molecule has 0 spiro atoms. The lowest BCUT2D eigenvalue weighted by atomic mass is 10.1. The maximum Gasteiger partial charge on any atom is 0.322 e. The van der Waals surface area contributed by atoms with Crippen molar-refractivity contribution < 1.29 is 9.53 Å². The Bertz CT molecular complexity index is 183. The van der Waals surface area contributed by atoms with E-state index >= 15 is 0 Å². The third-order valence-electron chi connectivity index (χ3n) is 2.98. The maximum absolute atomic E-state index is 11.2. The molecule has 17 heavy (non-hydrogen) atoms. The molecule has 0 aliphatic carbocycles. The van der Waals surface area contributed by atoms with Gasteiger partial charge in [-0.15, -0.1) is 0 Å². The Hall–Kier alpha value is -0.570. The van der Waals surface area contributed by atoms with Crippen molar-refractivity contribution in [3.63, 3.8) is 0 Å². The highest BCUT2D eigenvalue weighted by Crippen LogP contribution is 2.08. The van der Waals surface area contributed by atoms with Gasteiger partial charge in [0.2, 0.25) is 0 Å². The Labute approximate surface area is 106 Å². The highest BCUT2D eigenvalue weighted by molar-refractivity contribution is 5.75. The molecule has 0 bridgehead atoms. The molecular weight excluding hydrogens is 214 g/mol. The van der Waals surface area contributed by atoms with Gasteiger partial charge in [0.05, 0.1) is 6.61 Å². The molecule has 0 aliphatic rings. The summed E-state index contributed by atoms with van der Waals surface area (Å²) in [7, 11) is 0. The van der Waals surface area contributed by atoms with Gasteiger partial charge in [-0.1, -0.05) is 58.8 Å². The van der Waals surface area contributed by atoms with Crippen molar-refractivity contribution in [2.45, 2.75) is 77.7 Å². The minimum atomic E-state index is -0.441. The van der Waals surface area contributed by atoms with E-state index in [9.17, 15) is 4.79 Å². The molecule has 102 valence electrons. The molecule has 0 fully saturated rings. The van der Waals surface area contributed by atoms with E-state index in [1.807, 2.05) is 6.92 Å². The molecule has 2 N–H and O–H groups in total. The Morgan fingerprint density at radius 3 is 2.06 bits per heavy atom. The van der Waals surface area contributed by atoms with Gasteiger partial charge in [-0.3, -0.25) is 4.79 Å². The number of nitrogens with two attached hydrogens (primary N) is 1. The van der Waals surface area contributed by atoms with E-state index in [0.717, 1.165) is 12.8 Å². The van der Waals surface area contributed by atoms with Crippen molar-refractivity contribution in [2.24, 2.45) is 5.73 Å². The van der Waals surface area contributed by atoms with Crippen LogP contribution in [0.25, 0.3) is 0 Å². The van der Waals surface area contributed by atoms with Gasteiger partial charge in [-0.25, -0.2) is 0 Å². The predicted molar refractivity (Wildman–Crippen MR) is 71.8 cm³/mol. The van der Waals surface area contributed by atoms with Crippen LogP contribution < -0.4 is 5.73 Å². The van der Waals surface area contributed by atoms with Gasteiger partial charge in [0, 0.05) is 0 Å². The predicted octanol–water partition coefficient (Wildman–Crippen LogP) is 3.41. The van der Waals surface area contributed by atoms with Crippen LogP contribution in [0.5, 0.6) is 0 Å². The van der Waals surface area contributed by atoms with Gasteiger partial charge < -0.3 is 10.5 Å². The van der Waals surface area contributed by atoms with Crippen LogP contribution in [-0.4, -0.2) is 18.6 Å². The molecule has 1 atom stereocenters. The van der Waals surface area contributed by atoms with Crippen molar-refractivity contribution in [1.29, 1.82) is 0 Å². The quantitative estimate of drug-likeness (QED) is 0.447. The second kappa shape index (κ2) is 11.9. The van der Waals surface area contributed by atoms with Crippen molar-refractivity contribution in [3.8, 4) is 0 Å². The maximum atomic E-state index is 11.2. The first-order valence-electron chi connectivity index (χ1n) is 7.14. The summed E-state index contributed by atoms with van der Waals surface area (Å²) in [6.07, 6.45) is 10.7. The highest BCUT2D eigenvalue weighted by Gasteiger charge is 2.11. The molecule has 1 unspecified atom stereocenters. The summed E-state index contributed by atoms with van der Waals surface area (Å²) in [6, 6.07) is -0.441. The Morgan fingerprint density at radius 1 is 1.00 bits per heavy atom. The van der Waals surface area contributed by atoms with Crippen LogP contribution in [0.1, 0.15) is 71.6 Å². The standard InChI is InChI=1S/C14H29NO2/c1-3-5-6-7-8-9-10-11-12-17-14(16)13(15)4-2/h13H,3-12,15H2,1-2H3. The normalized spacial score (nSPS) is 12.4. The van der Waals surface area contributed by atoms with Gasteiger partial charge in [-0.05, 0) is 12.8 Å². The number of carbonyl (C=O) groups excluding carboxylic acids is 1.